The molecule has 0 saturated heterocycles. The summed E-state index contributed by atoms with van der Waals surface area (Å²) in [5.74, 6) is -1.34. The molecule has 0 aliphatic rings. The molecule has 1 heterocycles. The summed E-state index contributed by atoms with van der Waals surface area (Å²) in [5.41, 5.74) is 5.58. The summed E-state index contributed by atoms with van der Waals surface area (Å²) >= 11 is 12.8. The van der Waals surface area contributed by atoms with E-state index in [1.807, 2.05) is 0 Å². The lowest BCUT2D eigenvalue weighted by Gasteiger charge is -2.20. The molecule has 0 atom stereocenters. The van der Waals surface area contributed by atoms with Crippen molar-refractivity contribution in [3.63, 3.8) is 0 Å². The standard InChI is InChI=1S/C22H20Cl2N2O4S/c1-22(2,28)12-31(29,30)18-9-7-14(21(25)27)20(24)19(18)13-6-8-16(23)15(11-13)17-5-3-4-10-26-17/h3-11,28H,12H2,1-2H3,(H2,25,27). The summed E-state index contributed by atoms with van der Waals surface area (Å²) in [7, 11) is -3.98. The molecule has 2 aromatic carbocycles. The number of nitrogens with two attached hydrogens (primary N) is 1. The third kappa shape index (κ3) is 5.07. The fourth-order valence-corrected chi connectivity index (χ4v) is 5.75. The van der Waals surface area contributed by atoms with Gasteiger partial charge in [0.2, 0.25) is 5.91 Å². The van der Waals surface area contributed by atoms with E-state index in [1.54, 1.807) is 42.6 Å². The Morgan fingerprint density at radius 1 is 1.13 bits per heavy atom. The molecule has 3 N–H and O–H groups in total. The molecule has 1 amide bonds. The molecule has 0 spiro atoms. The van der Waals surface area contributed by atoms with E-state index in [4.69, 9.17) is 28.9 Å². The number of aliphatic hydroxyl groups is 1. The lowest BCUT2D eigenvalue weighted by Crippen LogP contribution is -2.30. The van der Waals surface area contributed by atoms with Crippen molar-refractivity contribution in [2.24, 2.45) is 5.73 Å². The maximum atomic E-state index is 13.1. The molecule has 162 valence electrons. The molecule has 9 heteroatoms. The molecule has 0 bridgehead atoms. The molecule has 0 aliphatic carbocycles. The van der Waals surface area contributed by atoms with E-state index in [0.29, 0.717) is 21.8 Å². The van der Waals surface area contributed by atoms with Crippen LogP contribution < -0.4 is 5.73 Å². The SMILES string of the molecule is CC(C)(O)CS(=O)(=O)c1ccc(C(N)=O)c(Cl)c1-c1ccc(Cl)c(-c2ccccn2)c1. The number of sulfone groups is 1. The van der Waals surface area contributed by atoms with Gasteiger partial charge in [0, 0.05) is 22.3 Å². The van der Waals surface area contributed by atoms with Crippen LogP contribution in [0.2, 0.25) is 10.0 Å². The van der Waals surface area contributed by atoms with Crippen LogP contribution >= 0.6 is 23.2 Å². The number of hydrogen-bond acceptors (Lipinski definition) is 5. The highest BCUT2D eigenvalue weighted by atomic mass is 35.5. The first-order valence-electron chi connectivity index (χ1n) is 9.19. The normalized spacial score (nSPS) is 12.0. The number of hydrogen-bond donors (Lipinski definition) is 2. The van der Waals surface area contributed by atoms with E-state index in [1.165, 1.54) is 26.0 Å². The van der Waals surface area contributed by atoms with Gasteiger partial charge >= 0.3 is 0 Å². The largest absolute Gasteiger partial charge is 0.389 e. The summed E-state index contributed by atoms with van der Waals surface area (Å²) in [6.45, 7) is 2.79. The average Bonchev–Trinajstić information content (AvgIpc) is 2.67. The molecule has 0 aliphatic heterocycles. The number of primary amides is 1. The summed E-state index contributed by atoms with van der Waals surface area (Å²) in [6, 6.07) is 12.7. The molecular formula is C22H20Cl2N2O4S. The van der Waals surface area contributed by atoms with Crippen molar-refractivity contribution in [2.45, 2.75) is 24.3 Å². The highest BCUT2D eigenvalue weighted by Crippen LogP contribution is 2.40. The van der Waals surface area contributed by atoms with Crippen LogP contribution in [0.25, 0.3) is 22.4 Å². The number of carbonyl (C=O) groups is 1. The number of aromatic nitrogens is 1. The summed E-state index contributed by atoms with van der Waals surface area (Å²) in [4.78, 5) is 16.0. The molecule has 0 unspecified atom stereocenters. The van der Waals surface area contributed by atoms with Crippen molar-refractivity contribution in [3.05, 3.63) is 70.3 Å². The molecule has 0 saturated carbocycles. The summed E-state index contributed by atoms with van der Waals surface area (Å²) < 4.78 is 26.2. The zero-order valence-corrected chi connectivity index (χ0v) is 19.1. The molecule has 6 nitrogen and oxygen atoms in total. The molecule has 3 rings (SSSR count). The Bertz CT molecular complexity index is 1250. The maximum Gasteiger partial charge on any atom is 0.250 e. The number of halogens is 2. The van der Waals surface area contributed by atoms with Gasteiger partial charge in [-0.1, -0.05) is 35.3 Å². The van der Waals surface area contributed by atoms with Crippen LogP contribution in [0, 0.1) is 0 Å². The third-order valence-corrected chi connectivity index (χ3v) is 7.26. The van der Waals surface area contributed by atoms with Gasteiger partial charge in [-0.3, -0.25) is 9.78 Å². The first kappa shape index (κ1) is 23.2. The quantitative estimate of drug-likeness (QED) is 0.546. The second-order valence-corrected chi connectivity index (χ2v) is 10.4. The van der Waals surface area contributed by atoms with Crippen LogP contribution in [-0.4, -0.2) is 35.8 Å². The van der Waals surface area contributed by atoms with E-state index < -0.39 is 27.1 Å². The van der Waals surface area contributed by atoms with E-state index >= 15 is 0 Å². The van der Waals surface area contributed by atoms with E-state index in [0.717, 1.165) is 0 Å². The van der Waals surface area contributed by atoms with Crippen LogP contribution in [0.3, 0.4) is 0 Å². The fourth-order valence-electron chi connectivity index (χ4n) is 3.22. The van der Waals surface area contributed by atoms with Crippen molar-refractivity contribution >= 4 is 38.9 Å². The van der Waals surface area contributed by atoms with Gasteiger partial charge in [0.1, 0.15) is 0 Å². The summed E-state index contributed by atoms with van der Waals surface area (Å²) in [5, 5.41) is 10.4. The molecule has 31 heavy (non-hydrogen) atoms. The lowest BCUT2D eigenvalue weighted by atomic mass is 9.99. The predicted molar refractivity (Wildman–Crippen MR) is 122 cm³/mol. The van der Waals surface area contributed by atoms with Gasteiger partial charge in [-0.15, -0.1) is 0 Å². The Hall–Kier alpha value is -2.45. The summed E-state index contributed by atoms with van der Waals surface area (Å²) in [6.07, 6.45) is 1.61. The smallest absolute Gasteiger partial charge is 0.250 e. The van der Waals surface area contributed by atoms with E-state index in [-0.39, 0.29) is 21.0 Å². The Labute approximate surface area is 190 Å². The van der Waals surface area contributed by atoms with Gasteiger partial charge in [-0.2, -0.15) is 0 Å². The molecular weight excluding hydrogens is 459 g/mol. The first-order chi connectivity index (χ1) is 14.4. The highest BCUT2D eigenvalue weighted by molar-refractivity contribution is 7.91. The monoisotopic (exact) mass is 478 g/mol. The van der Waals surface area contributed by atoms with Crippen molar-refractivity contribution in [3.8, 4) is 22.4 Å². The zero-order valence-electron chi connectivity index (χ0n) is 16.8. The van der Waals surface area contributed by atoms with Gasteiger partial charge in [-0.25, -0.2) is 8.42 Å². The number of rotatable bonds is 6. The van der Waals surface area contributed by atoms with Gasteiger partial charge < -0.3 is 10.8 Å². The predicted octanol–water partition coefficient (Wildman–Crippen LogP) is 4.37. The van der Waals surface area contributed by atoms with E-state index in [9.17, 15) is 18.3 Å². The fraction of sp³-hybridized carbons (Fsp3) is 0.182. The zero-order chi connectivity index (χ0) is 23.0. The highest BCUT2D eigenvalue weighted by Gasteiger charge is 2.30. The number of benzene rings is 2. The minimum Gasteiger partial charge on any atom is -0.389 e. The van der Waals surface area contributed by atoms with Crippen molar-refractivity contribution < 1.29 is 18.3 Å². The van der Waals surface area contributed by atoms with Gasteiger partial charge in [0.25, 0.3) is 0 Å². The van der Waals surface area contributed by atoms with Gasteiger partial charge in [0.05, 0.1) is 32.5 Å². The maximum absolute atomic E-state index is 13.1. The Morgan fingerprint density at radius 2 is 1.84 bits per heavy atom. The number of carbonyl (C=O) groups excluding carboxylic acids is 1. The molecule has 3 aromatic rings. The topological polar surface area (TPSA) is 110 Å². The molecule has 1 aromatic heterocycles. The lowest BCUT2D eigenvalue weighted by molar-refractivity contribution is 0.0998. The second kappa shape index (κ2) is 8.59. The van der Waals surface area contributed by atoms with Crippen LogP contribution in [0.1, 0.15) is 24.2 Å². The second-order valence-electron chi connectivity index (χ2n) is 7.65. The van der Waals surface area contributed by atoms with Crippen molar-refractivity contribution in [2.75, 3.05) is 5.75 Å². The van der Waals surface area contributed by atoms with Crippen LogP contribution in [0.5, 0.6) is 0 Å². The molecule has 0 radical (unpaired) electrons. The minimum absolute atomic E-state index is 0.0202. The molecule has 0 fully saturated rings. The Balaban J connectivity index is 2.32. The van der Waals surface area contributed by atoms with Gasteiger partial charge in [-0.05, 0) is 55.8 Å². The minimum atomic E-state index is -3.98. The number of amides is 1. The van der Waals surface area contributed by atoms with E-state index in [2.05, 4.69) is 4.98 Å². The third-order valence-electron chi connectivity index (χ3n) is 4.44. The average molecular weight is 479 g/mol. The van der Waals surface area contributed by atoms with Gasteiger partial charge in [0.15, 0.2) is 9.84 Å². The first-order valence-corrected chi connectivity index (χ1v) is 11.6. The van der Waals surface area contributed by atoms with Crippen LogP contribution in [0.15, 0.2) is 59.6 Å². The number of nitrogens with zero attached hydrogens (tertiary/aromatic N) is 1. The van der Waals surface area contributed by atoms with Crippen molar-refractivity contribution in [1.29, 1.82) is 0 Å². The number of pyridine rings is 1. The van der Waals surface area contributed by atoms with Crippen LogP contribution in [0.4, 0.5) is 0 Å². The Morgan fingerprint density at radius 3 is 2.42 bits per heavy atom. The van der Waals surface area contributed by atoms with Crippen LogP contribution in [-0.2, 0) is 9.84 Å². The Kier molecular flexibility index (Phi) is 6.43. The van der Waals surface area contributed by atoms with Crippen molar-refractivity contribution in [1.82, 2.24) is 4.98 Å².